The topological polar surface area (TPSA) is 69.6 Å². The molecule has 102 valence electrons. The zero-order chi connectivity index (χ0) is 13.2. The molecule has 0 aromatic carbocycles. The van der Waals surface area contributed by atoms with Crippen molar-refractivity contribution in [1.29, 1.82) is 0 Å². The zero-order valence-electron chi connectivity index (χ0n) is 10.8. The van der Waals surface area contributed by atoms with Crippen LogP contribution in [0, 0.1) is 0 Å². The fraction of sp³-hybridized carbons (Fsp3) is 0.615. The van der Waals surface area contributed by atoms with Crippen LogP contribution in [0.1, 0.15) is 29.6 Å². The minimum Gasteiger partial charge on any atom is -0.478 e. The van der Waals surface area contributed by atoms with Crippen LogP contribution in [0.4, 0.5) is 5.95 Å². The number of hydrogen-bond donors (Lipinski definition) is 1. The maximum Gasteiger partial charge on any atom is 0.338 e. The molecular weight excluding hydrogens is 244 g/mol. The van der Waals surface area contributed by atoms with Gasteiger partial charge in [-0.2, -0.15) is 0 Å². The summed E-state index contributed by atoms with van der Waals surface area (Å²) in [4.78, 5) is 23.8. The van der Waals surface area contributed by atoms with E-state index >= 15 is 0 Å². The van der Waals surface area contributed by atoms with Crippen molar-refractivity contribution in [2.75, 3.05) is 31.1 Å². The predicted octanol–water partition coefficient (Wildman–Crippen LogP) is 0.849. The lowest BCUT2D eigenvalue weighted by Gasteiger charge is -2.23. The van der Waals surface area contributed by atoms with Gasteiger partial charge in [0.05, 0.1) is 5.56 Å². The fourth-order valence-corrected chi connectivity index (χ4v) is 2.92. The number of aromatic carboxylic acids is 1. The average Bonchev–Trinajstić information content (AvgIpc) is 3.10. The number of likely N-dealkylation sites (tertiary alicyclic amines) is 1. The van der Waals surface area contributed by atoms with E-state index in [2.05, 4.69) is 19.8 Å². The van der Waals surface area contributed by atoms with E-state index in [0.717, 1.165) is 19.5 Å². The number of nitrogens with zero attached hydrogens (tertiary/aromatic N) is 4. The van der Waals surface area contributed by atoms with Crippen LogP contribution in [0.15, 0.2) is 12.4 Å². The first-order valence-corrected chi connectivity index (χ1v) is 6.78. The molecule has 6 nitrogen and oxygen atoms in total. The van der Waals surface area contributed by atoms with Crippen LogP contribution in [-0.2, 0) is 0 Å². The number of carboxylic acids is 1. The smallest absolute Gasteiger partial charge is 0.338 e. The molecule has 0 bridgehead atoms. The standard InChI is InChI=1S/C13H18N4O2/c18-12(19)10-7-14-13(15-8-10)17-6-3-11(9-17)16-4-1-2-5-16/h7-8,11H,1-6,9H2,(H,18,19). The van der Waals surface area contributed by atoms with Gasteiger partial charge in [-0.05, 0) is 32.4 Å². The summed E-state index contributed by atoms with van der Waals surface area (Å²) in [7, 11) is 0. The van der Waals surface area contributed by atoms with Crippen molar-refractivity contribution >= 4 is 11.9 Å². The Labute approximate surface area is 112 Å². The molecule has 0 spiro atoms. The number of rotatable bonds is 3. The second-order valence-corrected chi connectivity index (χ2v) is 5.21. The van der Waals surface area contributed by atoms with Gasteiger partial charge in [0.15, 0.2) is 0 Å². The summed E-state index contributed by atoms with van der Waals surface area (Å²) in [6.45, 7) is 4.31. The summed E-state index contributed by atoms with van der Waals surface area (Å²) in [5.41, 5.74) is 0.138. The van der Waals surface area contributed by atoms with Crippen LogP contribution in [0.5, 0.6) is 0 Å². The molecule has 0 saturated carbocycles. The largest absolute Gasteiger partial charge is 0.478 e. The number of hydrogen-bond acceptors (Lipinski definition) is 5. The summed E-state index contributed by atoms with van der Waals surface area (Å²) < 4.78 is 0. The Hall–Kier alpha value is -1.69. The highest BCUT2D eigenvalue weighted by Crippen LogP contribution is 2.22. The molecule has 2 aliphatic rings. The Bertz CT molecular complexity index is 456. The summed E-state index contributed by atoms with van der Waals surface area (Å²) in [5.74, 6) is -0.338. The van der Waals surface area contributed by atoms with Crippen molar-refractivity contribution in [2.24, 2.45) is 0 Å². The van der Waals surface area contributed by atoms with Gasteiger partial charge in [-0.3, -0.25) is 4.90 Å². The minimum atomic E-state index is -0.983. The van der Waals surface area contributed by atoms with Gasteiger partial charge in [0.2, 0.25) is 5.95 Å². The third kappa shape index (κ3) is 2.53. The van der Waals surface area contributed by atoms with E-state index in [1.807, 2.05) is 0 Å². The molecule has 0 aliphatic carbocycles. The number of carbonyl (C=O) groups is 1. The molecule has 1 N–H and O–H groups in total. The molecule has 2 aliphatic heterocycles. The zero-order valence-corrected chi connectivity index (χ0v) is 10.8. The molecule has 6 heteroatoms. The number of anilines is 1. The van der Waals surface area contributed by atoms with Crippen LogP contribution in [-0.4, -0.2) is 58.2 Å². The first-order valence-electron chi connectivity index (χ1n) is 6.78. The summed E-state index contributed by atoms with van der Waals surface area (Å²) in [5, 5.41) is 8.83. The molecule has 1 unspecified atom stereocenters. The molecule has 19 heavy (non-hydrogen) atoms. The lowest BCUT2D eigenvalue weighted by atomic mass is 10.2. The lowest BCUT2D eigenvalue weighted by molar-refractivity contribution is 0.0696. The summed E-state index contributed by atoms with van der Waals surface area (Å²) >= 11 is 0. The lowest BCUT2D eigenvalue weighted by Crippen LogP contribution is -2.35. The molecule has 1 atom stereocenters. The van der Waals surface area contributed by atoms with E-state index in [1.54, 1.807) is 0 Å². The molecule has 1 aromatic rings. The van der Waals surface area contributed by atoms with Gasteiger partial charge in [0.25, 0.3) is 0 Å². The third-order valence-electron chi connectivity index (χ3n) is 3.99. The van der Waals surface area contributed by atoms with E-state index in [0.29, 0.717) is 12.0 Å². The monoisotopic (exact) mass is 262 g/mol. The second kappa shape index (κ2) is 5.13. The van der Waals surface area contributed by atoms with Crippen LogP contribution in [0.2, 0.25) is 0 Å². The molecule has 3 heterocycles. The number of carboxylic acid groups (broad SMARTS) is 1. The SMILES string of the molecule is O=C(O)c1cnc(N2CCC(N3CCCC3)C2)nc1. The van der Waals surface area contributed by atoms with Gasteiger partial charge in [0.1, 0.15) is 0 Å². The highest BCUT2D eigenvalue weighted by Gasteiger charge is 2.30. The fourth-order valence-electron chi connectivity index (χ4n) is 2.92. The van der Waals surface area contributed by atoms with E-state index in [-0.39, 0.29) is 5.56 Å². The van der Waals surface area contributed by atoms with E-state index in [1.165, 1.54) is 38.3 Å². The molecule has 0 radical (unpaired) electrons. The van der Waals surface area contributed by atoms with Crippen LogP contribution in [0.25, 0.3) is 0 Å². The molecular formula is C13H18N4O2. The normalized spacial score (nSPS) is 24.0. The maximum absolute atomic E-state index is 10.8. The van der Waals surface area contributed by atoms with Gasteiger partial charge in [-0.1, -0.05) is 0 Å². The number of aromatic nitrogens is 2. The Balaban J connectivity index is 1.65. The maximum atomic E-state index is 10.8. The van der Waals surface area contributed by atoms with Gasteiger partial charge >= 0.3 is 5.97 Å². The first-order chi connectivity index (χ1) is 9.24. The van der Waals surface area contributed by atoms with Gasteiger partial charge in [0, 0.05) is 31.5 Å². The van der Waals surface area contributed by atoms with Gasteiger partial charge < -0.3 is 10.0 Å². The molecule has 3 rings (SSSR count). The van der Waals surface area contributed by atoms with Crippen molar-refractivity contribution in [2.45, 2.75) is 25.3 Å². The van der Waals surface area contributed by atoms with Crippen molar-refractivity contribution in [3.8, 4) is 0 Å². The third-order valence-corrected chi connectivity index (χ3v) is 3.99. The molecule has 2 fully saturated rings. The quantitative estimate of drug-likeness (QED) is 0.871. The Morgan fingerprint density at radius 1 is 1.21 bits per heavy atom. The van der Waals surface area contributed by atoms with Gasteiger partial charge in [-0.25, -0.2) is 14.8 Å². The minimum absolute atomic E-state index is 0.138. The van der Waals surface area contributed by atoms with Crippen molar-refractivity contribution in [1.82, 2.24) is 14.9 Å². The highest BCUT2D eigenvalue weighted by molar-refractivity contribution is 5.86. The van der Waals surface area contributed by atoms with E-state index < -0.39 is 5.97 Å². The molecule has 0 amide bonds. The van der Waals surface area contributed by atoms with E-state index in [4.69, 9.17) is 5.11 Å². The van der Waals surface area contributed by atoms with Crippen LogP contribution in [0.3, 0.4) is 0 Å². The van der Waals surface area contributed by atoms with Crippen LogP contribution >= 0.6 is 0 Å². The Morgan fingerprint density at radius 3 is 2.53 bits per heavy atom. The Kier molecular flexibility index (Phi) is 3.33. The van der Waals surface area contributed by atoms with Crippen molar-refractivity contribution < 1.29 is 9.90 Å². The molecule has 1 aromatic heterocycles. The van der Waals surface area contributed by atoms with Crippen molar-refractivity contribution in [3.63, 3.8) is 0 Å². The van der Waals surface area contributed by atoms with Crippen molar-refractivity contribution in [3.05, 3.63) is 18.0 Å². The predicted molar refractivity (Wildman–Crippen MR) is 70.4 cm³/mol. The second-order valence-electron chi connectivity index (χ2n) is 5.21. The van der Waals surface area contributed by atoms with E-state index in [9.17, 15) is 4.79 Å². The average molecular weight is 262 g/mol. The highest BCUT2D eigenvalue weighted by atomic mass is 16.4. The van der Waals surface area contributed by atoms with Crippen LogP contribution < -0.4 is 4.90 Å². The summed E-state index contributed by atoms with van der Waals surface area (Å²) in [6.07, 6.45) is 6.52. The first kappa shape index (κ1) is 12.3. The summed E-state index contributed by atoms with van der Waals surface area (Å²) in [6, 6.07) is 0.602. The molecule has 2 saturated heterocycles. The van der Waals surface area contributed by atoms with Gasteiger partial charge in [-0.15, -0.1) is 0 Å². The Morgan fingerprint density at radius 2 is 1.89 bits per heavy atom.